The van der Waals surface area contributed by atoms with Crippen molar-refractivity contribution in [1.82, 2.24) is 4.57 Å². The van der Waals surface area contributed by atoms with Crippen LogP contribution >= 0.6 is 0 Å². The molecule has 1 aromatic heterocycles. The number of hydrogen-bond donors (Lipinski definition) is 0. The van der Waals surface area contributed by atoms with Gasteiger partial charge in [0.05, 0.1) is 6.61 Å². The van der Waals surface area contributed by atoms with Crippen LogP contribution in [-0.2, 0) is 11.8 Å². The van der Waals surface area contributed by atoms with Gasteiger partial charge in [0.2, 0.25) is 0 Å². The Labute approximate surface area is 100 Å². The number of hydrogen-bond acceptors (Lipinski definition) is 2. The fraction of sp³-hybridized carbons (Fsp3) is 0.214. The van der Waals surface area contributed by atoms with Crippen molar-refractivity contribution in [2.75, 3.05) is 6.61 Å². The number of carbonyl (C=O) groups is 1. The number of aryl methyl sites for hydroxylation is 1. The van der Waals surface area contributed by atoms with Gasteiger partial charge in [-0.2, -0.15) is 0 Å². The van der Waals surface area contributed by atoms with Crippen LogP contribution in [0.15, 0.2) is 30.8 Å². The van der Waals surface area contributed by atoms with E-state index >= 15 is 0 Å². The summed E-state index contributed by atoms with van der Waals surface area (Å²) in [6.07, 6.45) is 1.70. The van der Waals surface area contributed by atoms with Gasteiger partial charge in [-0.3, -0.25) is 0 Å². The molecule has 0 saturated carbocycles. The highest BCUT2D eigenvalue weighted by molar-refractivity contribution is 6.02. The Morgan fingerprint density at radius 2 is 2.18 bits per heavy atom. The van der Waals surface area contributed by atoms with E-state index in [1.54, 1.807) is 13.0 Å². The topological polar surface area (TPSA) is 31.2 Å². The van der Waals surface area contributed by atoms with Gasteiger partial charge in [0, 0.05) is 23.5 Å². The van der Waals surface area contributed by atoms with E-state index in [0.717, 1.165) is 16.5 Å². The minimum Gasteiger partial charge on any atom is -0.461 e. The molecule has 2 rings (SSSR count). The van der Waals surface area contributed by atoms with E-state index in [4.69, 9.17) is 4.74 Å². The summed E-state index contributed by atoms with van der Waals surface area (Å²) >= 11 is 0. The zero-order valence-corrected chi connectivity index (χ0v) is 10.1. The van der Waals surface area contributed by atoms with E-state index in [-0.39, 0.29) is 5.97 Å². The molecule has 0 amide bonds. The predicted octanol–water partition coefficient (Wildman–Crippen LogP) is 3.00. The van der Waals surface area contributed by atoms with E-state index < -0.39 is 0 Å². The first-order chi connectivity index (χ1) is 8.20. The number of benzene rings is 1. The highest BCUT2D eigenvalue weighted by Gasteiger charge is 2.19. The third kappa shape index (κ3) is 1.73. The van der Waals surface area contributed by atoms with Crippen molar-refractivity contribution in [1.29, 1.82) is 0 Å². The first-order valence-electron chi connectivity index (χ1n) is 5.57. The predicted molar refractivity (Wildman–Crippen MR) is 69.0 cm³/mol. The van der Waals surface area contributed by atoms with E-state index in [1.165, 1.54) is 0 Å². The van der Waals surface area contributed by atoms with Crippen molar-refractivity contribution < 1.29 is 9.53 Å². The zero-order valence-electron chi connectivity index (χ0n) is 10.1. The van der Waals surface area contributed by atoms with Crippen LogP contribution in [0.5, 0.6) is 0 Å². The van der Waals surface area contributed by atoms with Crippen molar-refractivity contribution in [3.05, 3.63) is 42.1 Å². The van der Waals surface area contributed by atoms with Gasteiger partial charge < -0.3 is 9.30 Å². The van der Waals surface area contributed by atoms with E-state index in [0.29, 0.717) is 12.3 Å². The Kier molecular flexibility index (Phi) is 3.00. The molecule has 0 radical (unpaired) electrons. The van der Waals surface area contributed by atoms with Gasteiger partial charge in [0.1, 0.15) is 5.69 Å². The first kappa shape index (κ1) is 11.5. The van der Waals surface area contributed by atoms with Gasteiger partial charge in [-0.25, -0.2) is 4.79 Å². The first-order valence-corrected chi connectivity index (χ1v) is 5.57. The smallest absolute Gasteiger partial charge is 0.355 e. The van der Waals surface area contributed by atoms with Crippen LogP contribution in [0.3, 0.4) is 0 Å². The van der Waals surface area contributed by atoms with Crippen LogP contribution < -0.4 is 0 Å². The molecule has 0 aliphatic carbocycles. The Bertz CT molecular complexity index is 581. The quantitative estimate of drug-likeness (QED) is 0.757. The fourth-order valence-electron chi connectivity index (χ4n) is 2.08. The lowest BCUT2D eigenvalue weighted by molar-refractivity contribution is 0.0515. The lowest BCUT2D eigenvalue weighted by Gasteiger charge is -2.04. The molecule has 1 aromatic carbocycles. The Balaban J connectivity index is 2.73. The second-order valence-corrected chi connectivity index (χ2v) is 3.76. The maximum absolute atomic E-state index is 11.9. The molecule has 1 heterocycles. The van der Waals surface area contributed by atoms with Crippen LogP contribution in [0.4, 0.5) is 0 Å². The highest BCUT2D eigenvalue weighted by atomic mass is 16.5. The molecule has 88 valence electrons. The molecule has 0 aliphatic heterocycles. The van der Waals surface area contributed by atoms with Crippen LogP contribution in [0.2, 0.25) is 0 Å². The molecule has 0 fully saturated rings. The van der Waals surface area contributed by atoms with E-state index in [1.807, 2.05) is 35.9 Å². The van der Waals surface area contributed by atoms with Crippen LogP contribution in [0, 0.1) is 0 Å². The summed E-state index contributed by atoms with van der Waals surface area (Å²) in [7, 11) is 1.86. The number of para-hydroxylation sites is 1. The van der Waals surface area contributed by atoms with E-state index in [2.05, 4.69) is 6.58 Å². The molecule has 0 atom stereocenters. The van der Waals surface area contributed by atoms with Crippen molar-refractivity contribution in [2.24, 2.45) is 7.05 Å². The third-order valence-corrected chi connectivity index (χ3v) is 2.82. The van der Waals surface area contributed by atoms with Gasteiger partial charge in [-0.15, -0.1) is 0 Å². The second-order valence-electron chi connectivity index (χ2n) is 3.76. The van der Waals surface area contributed by atoms with Crippen LogP contribution in [0.1, 0.15) is 23.0 Å². The molecular formula is C14H15NO2. The van der Waals surface area contributed by atoms with Gasteiger partial charge in [0.25, 0.3) is 0 Å². The average Bonchev–Trinajstić information content (AvgIpc) is 2.63. The molecule has 0 spiro atoms. The number of ether oxygens (including phenoxy) is 1. The van der Waals surface area contributed by atoms with Crippen molar-refractivity contribution >= 4 is 22.9 Å². The molecule has 0 N–H and O–H groups in total. The summed E-state index contributed by atoms with van der Waals surface area (Å²) in [6, 6.07) is 7.86. The third-order valence-electron chi connectivity index (χ3n) is 2.82. The summed E-state index contributed by atoms with van der Waals surface area (Å²) in [4.78, 5) is 11.9. The standard InChI is InChI=1S/C14H15NO2/c1-4-10-11-8-6-7-9-12(11)15(3)13(10)14(16)17-5-2/h4,6-9H,1,5H2,2-3H3. The Morgan fingerprint density at radius 3 is 2.82 bits per heavy atom. The molecule has 0 bridgehead atoms. The summed E-state index contributed by atoms with van der Waals surface area (Å²) in [6.45, 7) is 5.95. The Morgan fingerprint density at radius 1 is 1.47 bits per heavy atom. The molecule has 0 saturated heterocycles. The maximum atomic E-state index is 11.9. The number of aromatic nitrogens is 1. The molecule has 2 aromatic rings. The lowest BCUT2D eigenvalue weighted by Crippen LogP contribution is -2.11. The fourth-order valence-corrected chi connectivity index (χ4v) is 2.08. The van der Waals surface area contributed by atoms with Crippen molar-refractivity contribution in [3.63, 3.8) is 0 Å². The number of nitrogens with zero attached hydrogens (tertiary/aromatic N) is 1. The largest absolute Gasteiger partial charge is 0.461 e. The number of esters is 1. The number of carbonyl (C=O) groups excluding carboxylic acids is 1. The molecule has 17 heavy (non-hydrogen) atoms. The number of rotatable bonds is 3. The van der Waals surface area contributed by atoms with E-state index in [9.17, 15) is 4.79 Å². The lowest BCUT2D eigenvalue weighted by atomic mass is 10.1. The van der Waals surface area contributed by atoms with Gasteiger partial charge in [-0.1, -0.05) is 30.9 Å². The zero-order chi connectivity index (χ0) is 12.4. The molecule has 3 nitrogen and oxygen atoms in total. The molecule has 0 aliphatic rings. The minimum absolute atomic E-state index is 0.305. The monoisotopic (exact) mass is 229 g/mol. The van der Waals surface area contributed by atoms with Crippen LogP contribution in [-0.4, -0.2) is 17.1 Å². The second kappa shape index (κ2) is 4.45. The molecule has 3 heteroatoms. The normalized spacial score (nSPS) is 10.5. The van der Waals surface area contributed by atoms with Gasteiger partial charge in [-0.05, 0) is 13.0 Å². The average molecular weight is 229 g/mol. The Hall–Kier alpha value is -2.03. The maximum Gasteiger partial charge on any atom is 0.355 e. The summed E-state index contributed by atoms with van der Waals surface area (Å²) in [5.41, 5.74) is 2.40. The summed E-state index contributed by atoms with van der Waals surface area (Å²) in [5, 5.41) is 1.02. The summed E-state index contributed by atoms with van der Waals surface area (Å²) in [5.74, 6) is -0.305. The van der Waals surface area contributed by atoms with Gasteiger partial charge >= 0.3 is 5.97 Å². The molecular weight excluding hydrogens is 214 g/mol. The SMILES string of the molecule is C=Cc1c(C(=O)OCC)n(C)c2ccccc12. The van der Waals surface area contributed by atoms with Crippen molar-refractivity contribution in [2.45, 2.75) is 6.92 Å². The van der Waals surface area contributed by atoms with Gasteiger partial charge in [0.15, 0.2) is 0 Å². The molecule has 0 unspecified atom stereocenters. The van der Waals surface area contributed by atoms with Crippen molar-refractivity contribution in [3.8, 4) is 0 Å². The van der Waals surface area contributed by atoms with Crippen LogP contribution in [0.25, 0.3) is 17.0 Å². The summed E-state index contributed by atoms with van der Waals surface area (Å²) < 4.78 is 6.92. The highest BCUT2D eigenvalue weighted by Crippen LogP contribution is 2.26. The number of fused-ring (bicyclic) bond motifs is 1. The minimum atomic E-state index is -0.305.